The molecule has 0 bridgehead atoms. The Bertz CT molecular complexity index is 4040. The van der Waals surface area contributed by atoms with Crippen molar-refractivity contribution in [1.29, 1.82) is 0 Å². The van der Waals surface area contributed by atoms with E-state index in [0.29, 0.717) is 5.82 Å². The van der Waals surface area contributed by atoms with Gasteiger partial charge >= 0.3 is 0 Å². The first kappa shape index (κ1) is 47.0. The highest BCUT2D eigenvalue weighted by molar-refractivity contribution is 6.02. The van der Waals surface area contributed by atoms with Gasteiger partial charge in [0.25, 0.3) is 11.8 Å². The van der Waals surface area contributed by atoms with Gasteiger partial charge in [0.2, 0.25) is 5.82 Å². The smallest absolute Gasteiger partial charge is 0.253 e. The highest BCUT2D eigenvalue weighted by Gasteiger charge is 2.23. The molecule has 7 aromatic heterocycles. The fourth-order valence-electron chi connectivity index (χ4n) is 10.4. The van der Waals surface area contributed by atoms with E-state index in [0.717, 1.165) is 163 Å². The van der Waals surface area contributed by atoms with Gasteiger partial charge in [0.05, 0.1) is 33.6 Å². The Balaban J connectivity index is 0.000000111. The molecular formula is C58H53N17O2. The molecule has 13 aromatic rings. The number of nitrogens with zero attached hydrogens (tertiary/aromatic N) is 10. The van der Waals surface area contributed by atoms with Gasteiger partial charge in [0, 0.05) is 118 Å². The topological polar surface area (TPSA) is 235 Å². The number of hydrogen-bond acceptors (Lipinski definition) is 10. The lowest BCUT2D eigenvalue weighted by atomic mass is 10.1. The second-order valence-electron chi connectivity index (χ2n) is 19.7. The zero-order valence-corrected chi connectivity index (χ0v) is 42.3. The SMILES string of the molecule is CN1CCN(C(=O)c2ccc3[nH]c(-c4n[nH]c5ccccc45)cc3c2)CC1.CN1CCN(C(=O)c2ccc3[nH]c(-c4n[nH]c5ccccc45)cc3c2)CC1.c1ccc2[nH]c(-c3n[nH]c4cc(-c5nn[nH]n5)ccc34)cc2c1. The summed E-state index contributed by atoms with van der Waals surface area (Å²) in [7, 11) is 4.18. The van der Waals surface area contributed by atoms with Crippen molar-refractivity contribution in [2.24, 2.45) is 0 Å². The lowest BCUT2D eigenvalue weighted by Gasteiger charge is -2.32. The molecule has 0 spiro atoms. The molecule has 0 saturated carbocycles. The number of aromatic nitrogens is 13. The number of rotatable bonds is 6. The van der Waals surface area contributed by atoms with Crippen LogP contribution in [-0.2, 0) is 0 Å². The number of tetrazole rings is 1. The summed E-state index contributed by atoms with van der Waals surface area (Å²) in [6, 6.07) is 48.3. The van der Waals surface area contributed by atoms with Gasteiger partial charge in [-0.1, -0.05) is 60.7 Å². The van der Waals surface area contributed by atoms with Crippen molar-refractivity contribution in [3.8, 4) is 45.6 Å². The minimum Gasteiger partial charge on any atom is -0.353 e. The van der Waals surface area contributed by atoms with Crippen molar-refractivity contribution >= 4 is 77.2 Å². The van der Waals surface area contributed by atoms with Crippen LogP contribution < -0.4 is 0 Å². The molecule has 382 valence electrons. The van der Waals surface area contributed by atoms with Crippen molar-refractivity contribution in [3.63, 3.8) is 0 Å². The molecule has 2 fully saturated rings. The van der Waals surface area contributed by atoms with Gasteiger partial charge in [-0.2, -0.15) is 20.5 Å². The molecule has 15 rings (SSSR count). The molecule has 2 saturated heterocycles. The summed E-state index contributed by atoms with van der Waals surface area (Å²) in [5.41, 5.74) is 14.0. The van der Waals surface area contributed by atoms with Gasteiger partial charge in [0.15, 0.2) is 0 Å². The summed E-state index contributed by atoms with van der Waals surface area (Å²) in [5.74, 6) is 0.782. The second kappa shape index (κ2) is 19.9. The number of H-pyrrole nitrogens is 7. The van der Waals surface area contributed by atoms with E-state index >= 15 is 0 Å². The summed E-state index contributed by atoms with van der Waals surface area (Å²) < 4.78 is 0. The molecule has 77 heavy (non-hydrogen) atoms. The van der Waals surface area contributed by atoms with Crippen LogP contribution in [0.5, 0.6) is 0 Å². The van der Waals surface area contributed by atoms with E-state index < -0.39 is 0 Å². The Labute approximate surface area is 439 Å². The lowest BCUT2D eigenvalue weighted by Crippen LogP contribution is -2.47. The number of piperazine rings is 2. The predicted octanol–water partition coefficient (Wildman–Crippen LogP) is 9.09. The van der Waals surface area contributed by atoms with E-state index in [1.807, 2.05) is 113 Å². The summed E-state index contributed by atoms with van der Waals surface area (Å²) in [6.45, 7) is 6.83. The van der Waals surface area contributed by atoms with Gasteiger partial charge in [-0.3, -0.25) is 24.9 Å². The number of likely N-dealkylation sites (N-methyl/N-ethyl adjacent to an activating group) is 2. The average molecular weight is 1020 g/mol. The number of aromatic amines is 7. The standard InChI is InChI=1S/2C21H21N5O.C16H11N7/c2*1-25-8-10-26(11-9-25)21(27)14-6-7-17-15(12-14)13-19(22-17)20-16-4-2-3-5-18(16)23-24-20;1-2-4-12-9(3-1)7-14(17-12)15-11-6-5-10(8-13(11)18-19-15)16-20-22-23-21-16/h2*2-7,12-13,22H,8-11H2,1H3,(H,23,24);1-8,17H,(H,18,19)(H,20,21,22,23). The molecule has 19 nitrogen and oxygen atoms in total. The predicted molar refractivity (Wildman–Crippen MR) is 300 cm³/mol. The third kappa shape index (κ3) is 9.23. The third-order valence-electron chi connectivity index (χ3n) is 14.7. The zero-order chi connectivity index (χ0) is 52.0. The van der Waals surface area contributed by atoms with E-state index in [9.17, 15) is 9.59 Å². The highest BCUT2D eigenvalue weighted by Crippen LogP contribution is 2.33. The molecular weight excluding hydrogens is 967 g/mol. The van der Waals surface area contributed by atoms with E-state index in [1.165, 1.54) is 5.39 Å². The summed E-state index contributed by atoms with van der Waals surface area (Å²) in [5, 5.41) is 43.1. The molecule has 2 amide bonds. The average Bonchev–Trinajstić information content (AvgIpc) is 4.39. The molecule has 0 radical (unpaired) electrons. The maximum Gasteiger partial charge on any atom is 0.253 e. The Hall–Kier alpha value is -9.72. The molecule has 2 aliphatic rings. The van der Waals surface area contributed by atoms with E-state index in [1.54, 1.807) is 0 Å². The number of carbonyl (C=O) groups is 2. The maximum atomic E-state index is 12.8. The molecule has 19 heteroatoms. The second-order valence-corrected chi connectivity index (χ2v) is 19.7. The minimum absolute atomic E-state index is 0.109. The van der Waals surface area contributed by atoms with Gasteiger partial charge in [-0.25, -0.2) is 0 Å². The van der Waals surface area contributed by atoms with Gasteiger partial charge in [0.1, 0.15) is 17.1 Å². The van der Waals surface area contributed by atoms with Crippen LogP contribution in [0.4, 0.5) is 0 Å². The van der Waals surface area contributed by atoms with E-state index in [4.69, 9.17) is 0 Å². The zero-order valence-electron chi connectivity index (χ0n) is 42.3. The Morgan fingerprint density at radius 2 is 0.857 bits per heavy atom. The van der Waals surface area contributed by atoms with Crippen LogP contribution in [0.25, 0.3) is 111 Å². The fraction of sp³-hybridized carbons (Fsp3) is 0.172. The highest BCUT2D eigenvalue weighted by atomic mass is 16.2. The van der Waals surface area contributed by atoms with Gasteiger partial charge in [-0.15, -0.1) is 10.2 Å². The number of fused-ring (bicyclic) bond motifs is 6. The summed E-state index contributed by atoms with van der Waals surface area (Å²) in [6.07, 6.45) is 0. The van der Waals surface area contributed by atoms with Crippen LogP contribution in [0.2, 0.25) is 0 Å². The molecule has 9 heterocycles. The van der Waals surface area contributed by atoms with Crippen LogP contribution in [0, 0.1) is 0 Å². The van der Waals surface area contributed by atoms with E-state index in [-0.39, 0.29) is 11.8 Å². The molecule has 0 unspecified atom stereocenters. The van der Waals surface area contributed by atoms with Crippen LogP contribution >= 0.6 is 0 Å². The number of carbonyl (C=O) groups excluding carboxylic acids is 2. The number of amides is 2. The molecule has 7 N–H and O–H groups in total. The monoisotopic (exact) mass is 1020 g/mol. The van der Waals surface area contributed by atoms with Crippen molar-refractivity contribution in [2.45, 2.75) is 0 Å². The van der Waals surface area contributed by atoms with Crippen LogP contribution in [0.1, 0.15) is 20.7 Å². The van der Waals surface area contributed by atoms with Crippen LogP contribution in [-0.4, -0.2) is 164 Å². The quantitative estimate of drug-likeness (QED) is 0.0834. The maximum absolute atomic E-state index is 12.8. The summed E-state index contributed by atoms with van der Waals surface area (Å²) in [4.78, 5) is 44.3. The van der Waals surface area contributed by atoms with Crippen molar-refractivity contribution < 1.29 is 9.59 Å². The fourth-order valence-corrected chi connectivity index (χ4v) is 10.4. The number of para-hydroxylation sites is 3. The number of hydrogen-bond donors (Lipinski definition) is 7. The van der Waals surface area contributed by atoms with E-state index in [2.05, 4.69) is 133 Å². The minimum atomic E-state index is 0.109. The first-order chi connectivity index (χ1) is 37.8. The van der Waals surface area contributed by atoms with Gasteiger partial charge in [-0.05, 0) is 104 Å². The lowest BCUT2D eigenvalue weighted by molar-refractivity contribution is 0.0657. The van der Waals surface area contributed by atoms with Crippen LogP contribution in [0.3, 0.4) is 0 Å². The first-order valence-corrected chi connectivity index (χ1v) is 25.6. The largest absolute Gasteiger partial charge is 0.353 e. The van der Waals surface area contributed by atoms with Crippen molar-refractivity contribution in [2.75, 3.05) is 66.5 Å². The van der Waals surface area contributed by atoms with Crippen LogP contribution in [0.15, 0.2) is 146 Å². The molecule has 6 aromatic carbocycles. The normalized spacial score (nSPS) is 14.4. The van der Waals surface area contributed by atoms with Crippen molar-refractivity contribution in [3.05, 3.63) is 157 Å². The first-order valence-electron chi connectivity index (χ1n) is 25.6. The molecule has 0 atom stereocenters. The molecule has 0 aliphatic carbocycles. The number of benzene rings is 6. The summed E-state index contributed by atoms with van der Waals surface area (Å²) >= 11 is 0. The van der Waals surface area contributed by atoms with Gasteiger partial charge < -0.3 is 34.6 Å². The Kier molecular flexibility index (Phi) is 12.1. The Morgan fingerprint density at radius 3 is 1.35 bits per heavy atom. The van der Waals surface area contributed by atoms with Crippen molar-refractivity contribution in [1.82, 2.24) is 85.8 Å². The third-order valence-corrected chi connectivity index (χ3v) is 14.7. The Morgan fingerprint density at radius 1 is 0.416 bits per heavy atom. The molecule has 2 aliphatic heterocycles. The number of nitrogens with one attached hydrogen (secondary N) is 7.